The van der Waals surface area contributed by atoms with E-state index in [1.807, 2.05) is 25.7 Å². The number of benzene rings is 1. The van der Waals surface area contributed by atoms with Crippen molar-refractivity contribution in [2.75, 3.05) is 37.8 Å². The number of anilines is 1. The first kappa shape index (κ1) is 20.0. The number of hydrogen-bond acceptors (Lipinski definition) is 3. The fraction of sp³-hybridized carbons (Fsp3) is 0.682. The minimum Gasteiger partial charge on any atom is -0.444 e. The van der Waals surface area contributed by atoms with Crippen LogP contribution in [0.2, 0.25) is 0 Å². The smallest absolute Gasteiger partial charge is 0.410 e. The summed E-state index contributed by atoms with van der Waals surface area (Å²) in [6, 6.07) is 2.35. The monoisotopic (exact) mass is 376 g/mol. The largest absolute Gasteiger partial charge is 0.444 e. The van der Waals surface area contributed by atoms with Crippen LogP contribution in [-0.4, -0.2) is 49.4 Å². The second-order valence-corrected chi connectivity index (χ2v) is 8.75. The van der Waals surface area contributed by atoms with Gasteiger partial charge in [-0.3, -0.25) is 4.39 Å². The van der Waals surface area contributed by atoms with Gasteiger partial charge >= 0.3 is 6.09 Å². The zero-order chi connectivity index (χ0) is 19.6. The Morgan fingerprint density at radius 3 is 2.59 bits per heavy atom. The predicted octanol–water partition coefficient (Wildman–Crippen LogP) is 4.44. The van der Waals surface area contributed by atoms with Gasteiger partial charge in [-0.2, -0.15) is 0 Å². The van der Waals surface area contributed by atoms with E-state index in [4.69, 9.17) is 4.74 Å². The number of nitrogens with zero attached hydrogens (tertiary/aromatic N) is 2. The van der Waals surface area contributed by atoms with Crippen molar-refractivity contribution in [3.8, 4) is 0 Å². The maximum atomic E-state index is 12.7. The van der Waals surface area contributed by atoms with Gasteiger partial charge in [-0.25, -0.2) is 4.79 Å². The van der Waals surface area contributed by atoms with Gasteiger partial charge in [-0.1, -0.05) is 6.07 Å². The van der Waals surface area contributed by atoms with Gasteiger partial charge in [0, 0.05) is 31.9 Å². The Morgan fingerprint density at radius 2 is 1.89 bits per heavy atom. The van der Waals surface area contributed by atoms with Gasteiger partial charge in [0.2, 0.25) is 0 Å². The lowest BCUT2D eigenvalue weighted by molar-refractivity contribution is 0.0258. The molecule has 0 unspecified atom stereocenters. The van der Waals surface area contributed by atoms with E-state index in [2.05, 4.69) is 17.9 Å². The molecule has 5 heteroatoms. The van der Waals surface area contributed by atoms with Crippen molar-refractivity contribution >= 4 is 11.8 Å². The van der Waals surface area contributed by atoms with E-state index in [0.29, 0.717) is 19.5 Å². The second kappa shape index (κ2) is 8.07. The molecule has 1 aromatic rings. The van der Waals surface area contributed by atoms with E-state index < -0.39 is 5.60 Å². The first-order valence-electron chi connectivity index (χ1n) is 10.2. The molecule has 0 N–H and O–H groups in total. The van der Waals surface area contributed by atoms with Gasteiger partial charge in [-0.05, 0) is 82.1 Å². The third-order valence-electron chi connectivity index (χ3n) is 5.53. The highest BCUT2D eigenvalue weighted by molar-refractivity contribution is 5.69. The molecule has 1 aromatic carbocycles. The average Bonchev–Trinajstić information content (AvgIpc) is 2.81. The van der Waals surface area contributed by atoms with E-state index in [1.54, 1.807) is 0 Å². The summed E-state index contributed by atoms with van der Waals surface area (Å²) in [5, 5.41) is 0. The Labute approximate surface area is 162 Å². The Kier molecular flexibility index (Phi) is 5.97. The molecule has 0 radical (unpaired) electrons. The average molecular weight is 377 g/mol. The molecule has 1 amide bonds. The Hall–Kier alpha value is -1.78. The van der Waals surface area contributed by atoms with Gasteiger partial charge in [0.05, 0.1) is 6.67 Å². The molecule has 0 aromatic heterocycles. The topological polar surface area (TPSA) is 32.8 Å². The maximum absolute atomic E-state index is 12.7. The zero-order valence-electron chi connectivity index (χ0n) is 17.2. The molecule has 0 atom stereocenters. The number of halogens is 1. The number of fused-ring (bicyclic) bond motifs is 2. The third kappa shape index (κ3) is 4.56. The van der Waals surface area contributed by atoms with Crippen molar-refractivity contribution < 1.29 is 13.9 Å². The molecule has 27 heavy (non-hydrogen) atoms. The lowest BCUT2D eigenvalue weighted by Gasteiger charge is -2.34. The van der Waals surface area contributed by atoms with Gasteiger partial charge < -0.3 is 14.5 Å². The molecule has 2 aliphatic heterocycles. The van der Waals surface area contributed by atoms with Crippen LogP contribution in [0, 0.1) is 6.92 Å². The number of amides is 1. The number of rotatable bonds is 3. The molecule has 4 nitrogen and oxygen atoms in total. The number of aryl methyl sites for hydroxylation is 1. The molecule has 0 saturated carbocycles. The van der Waals surface area contributed by atoms with E-state index in [-0.39, 0.29) is 12.8 Å². The summed E-state index contributed by atoms with van der Waals surface area (Å²) < 4.78 is 18.3. The van der Waals surface area contributed by atoms with Gasteiger partial charge in [0.15, 0.2) is 0 Å². The van der Waals surface area contributed by atoms with Crippen LogP contribution >= 0.6 is 0 Å². The molecule has 0 spiro atoms. The first-order valence-corrected chi connectivity index (χ1v) is 10.2. The van der Waals surface area contributed by atoms with Crippen molar-refractivity contribution in [1.29, 1.82) is 0 Å². The Bertz CT molecular complexity index is 697. The van der Waals surface area contributed by atoms with Crippen molar-refractivity contribution in [2.45, 2.75) is 65.4 Å². The Balaban J connectivity index is 1.83. The normalized spacial score (nSPS) is 17.2. The number of alkyl halides is 1. The molecular formula is C22H33FN2O2. The highest BCUT2D eigenvalue weighted by Crippen LogP contribution is 2.36. The molecule has 2 heterocycles. The van der Waals surface area contributed by atoms with Gasteiger partial charge in [0.1, 0.15) is 5.60 Å². The standard InChI is InChI=1S/C22H33FN2O2/c1-16-19-9-14-25(21(26)27-22(2,3)4)13-8-17(19)15-18-7-5-11-24(20(16)18)12-6-10-23/h15H,5-14H2,1-4H3. The lowest BCUT2D eigenvalue weighted by atomic mass is 9.89. The van der Waals surface area contributed by atoms with Crippen LogP contribution in [0.3, 0.4) is 0 Å². The minimum atomic E-state index is -0.470. The van der Waals surface area contributed by atoms with Crippen LogP contribution in [-0.2, 0) is 24.0 Å². The van der Waals surface area contributed by atoms with Crippen LogP contribution in [0.25, 0.3) is 0 Å². The van der Waals surface area contributed by atoms with E-state index >= 15 is 0 Å². The van der Waals surface area contributed by atoms with Crippen molar-refractivity contribution in [1.82, 2.24) is 4.90 Å². The van der Waals surface area contributed by atoms with Crippen LogP contribution < -0.4 is 4.90 Å². The molecule has 0 saturated heterocycles. The fourth-order valence-corrected chi connectivity index (χ4v) is 4.36. The summed E-state index contributed by atoms with van der Waals surface area (Å²) in [5.74, 6) is 0. The summed E-state index contributed by atoms with van der Waals surface area (Å²) in [6.07, 6.45) is 4.30. The zero-order valence-corrected chi connectivity index (χ0v) is 17.2. The molecule has 2 aliphatic rings. The van der Waals surface area contributed by atoms with Gasteiger partial charge in [-0.15, -0.1) is 0 Å². The summed E-state index contributed by atoms with van der Waals surface area (Å²) in [6.45, 7) is 10.8. The highest BCUT2D eigenvalue weighted by Gasteiger charge is 2.27. The van der Waals surface area contributed by atoms with E-state index in [9.17, 15) is 9.18 Å². The summed E-state index contributed by atoms with van der Waals surface area (Å²) in [4.78, 5) is 16.7. The molecule has 0 bridgehead atoms. The van der Waals surface area contributed by atoms with Crippen LogP contribution in [0.15, 0.2) is 6.07 Å². The van der Waals surface area contributed by atoms with Crippen LogP contribution in [0.1, 0.15) is 55.9 Å². The summed E-state index contributed by atoms with van der Waals surface area (Å²) >= 11 is 0. The maximum Gasteiger partial charge on any atom is 0.410 e. The number of carbonyl (C=O) groups is 1. The minimum absolute atomic E-state index is 0.220. The number of hydrogen-bond donors (Lipinski definition) is 0. The van der Waals surface area contributed by atoms with Crippen molar-refractivity contribution in [2.24, 2.45) is 0 Å². The highest BCUT2D eigenvalue weighted by atomic mass is 19.1. The quantitative estimate of drug-likeness (QED) is 0.782. The molecule has 150 valence electrons. The van der Waals surface area contributed by atoms with Crippen molar-refractivity contribution in [3.63, 3.8) is 0 Å². The Morgan fingerprint density at radius 1 is 1.15 bits per heavy atom. The van der Waals surface area contributed by atoms with Crippen LogP contribution in [0.4, 0.5) is 14.9 Å². The molecular weight excluding hydrogens is 343 g/mol. The van der Waals surface area contributed by atoms with E-state index in [0.717, 1.165) is 38.8 Å². The predicted molar refractivity (Wildman–Crippen MR) is 108 cm³/mol. The molecule has 0 fully saturated rings. The first-order chi connectivity index (χ1) is 12.8. The van der Waals surface area contributed by atoms with Crippen molar-refractivity contribution in [3.05, 3.63) is 28.3 Å². The second-order valence-electron chi connectivity index (χ2n) is 8.75. The van der Waals surface area contributed by atoms with E-state index in [1.165, 1.54) is 27.9 Å². The number of ether oxygens (including phenoxy) is 1. The summed E-state index contributed by atoms with van der Waals surface area (Å²) in [5.41, 5.74) is 6.30. The lowest BCUT2D eigenvalue weighted by Crippen LogP contribution is -2.38. The molecule has 0 aliphatic carbocycles. The SMILES string of the molecule is Cc1c2c(cc3c1N(CCCF)CCC3)CCN(C(=O)OC(C)(C)C)CC2. The number of carbonyl (C=O) groups excluding carboxylic acids is 1. The fourth-order valence-electron chi connectivity index (χ4n) is 4.36. The van der Waals surface area contributed by atoms with Crippen LogP contribution in [0.5, 0.6) is 0 Å². The summed E-state index contributed by atoms with van der Waals surface area (Å²) in [7, 11) is 0. The molecule has 3 rings (SSSR count). The van der Waals surface area contributed by atoms with Gasteiger partial charge in [0.25, 0.3) is 0 Å². The third-order valence-corrected chi connectivity index (χ3v) is 5.53.